The summed E-state index contributed by atoms with van der Waals surface area (Å²) in [5, 5.41) is 10.4. The molecule has 2 rings (SSSR count). The molecule has 0 aliphatic carbocycles. The third-order valence-corrected chi connectivity index (χ3v) is 2.21. The number of hydrogen-bond acceptors (Lipinski definition) is 5. The first kappa shape index (κ1) is 14.6. The molecular formula is C12H7F3N2O4. The van der Waals surface area contributed by atoms with Crippen LogP contribution in [0.4, 0.5) is 18.9 Å². The highest BCUT2D eigenvalue weighted by Crippen LogP contribution is 2.27. The lowest BCUT2D eigenvalue weighted by molar-refractivity contribution is -0.385. The van der Waals surface area contributed by atoms with Gasteiger partial charge in [0, 0.05) is 12.1 Å². The molecule has 0 bridgehead atoms. The molecule has 0 saturated heterocycles. The summed E-state index contributed by atoms with van der Waals surface area (Å²) in [6.45, 7) is 0. The minimum absolute atomic E-state index is 0.0742. The number of pyridine rings is 1. The van der Waals surface area contributed by atoms with Gasteiger partial charge in [0.2, 0.25) is 5.88 Å². The van der Waals surface area contributed by atoms with Crippen LogP contribution in [0.2, 0.25) is 0 Å². The standard InChI is InChI=1S/C12H7F3N2O4/c13-12(14,15)21-10-4-2-9(3-5-10)20-11-6-1-8(7-16-11)17(18)19/h1-7H. The van der Waals surface area contributed by atoms with Gasteiger partial charge in [-0.2, -0.15) is 0 Å². The zero-order valence-corrected chi connectivity index (χ0v) is 10.2. The molecular weight excluding hydrogens is 293 g/mol. The molecule has 2 aromatic rings. The SMILES string of the molecule is O=[N+]([O-])c1ccc(Oc2ccc(OC(F)(F)F)cc2)nc1. The molecule has 1 aromatic heterocycles. The van der Waals surface area contributed by atoms with E-state index in [0.717, 1.165) is 18.3 Å². The maximum Gasteiger partial charge on any atom is 0.573 e. The van der Waals surface area contributed by atoms with Crippen molar-refractivity contribution < 1.29 is 27.6 Å². The van der Waals surface area contributed by atoms with Gasteiger partial charge in [0.15, 0.2) is 0 Å². The summed E-state index contributed by atoms with van der Waals surface area (Å²) in [5.74, 6) is -0.0949. The molecule has 110 valence electrons. The number of nitrogens with zero attached hydrogens (tertiary/aromatic N) is 2. The van der Waals surface area contributed by atoms with Crippen molar-refractivity contribution in [3.8, 4) is 17.4 Å². The number of ether oxygens (including phenoxy) is 2. The monoisotopic (exact) mass is 300 g/mol. The molecule has 9 heteroatoms. The average molecular weight is 300 g/mol. The molecule has 0 saturated carbocycles. The molecule has 21 heavy (non-hydrogen) atoms. The molecule has 1 heterocycles. The summed E-state index contributed by atoms with van der Waals surface area (Å²) in [4.78, 5) is 13.5. The molecule has 0 spiro atoms. The summed E-state index contributed by atoms with van der Waals surface area (Å²) >= 11 is 0. The summed E-state index contributed by atoms with van der Waals surface area (Å²) in [5.41, 5.74) is -0.198. The fraction of sp³-hybridized carbons (Fsp3) is 0.0833. The van der Waals surface area contributed by atoms with Gasteiger partial charge in [-0.05, 0) is 24.3 Å². The maximum atomic E-state index is 12.0. The molecule has 1 aromatic carbocycles. The zero-order chi connectivity index (χ0) is 15.5. The molecule has 0 fully saturated rings. The summed E-state index contributed by atoms with van der Waals surface area (Å²) in [6.07, 6.45) is -3.75. The second-order valence-corrected chi connectivity index (χ2v) is 3.73. The Morgan fingerprint density at radius 3 is 2.14 bits per heavy atom. The largest absolute Gasteiger partial charge is 0.573 e. The second kappa shape index (κ2) is 5.65. The van der Waals surface area contributed by atoms with Crippen molar-refractivity contribution in [3.05, 3.63) is 52.7 Å². The Kier molecular flexibility index (Phi) is 3.92. The van der Waals surface area contributed by atoms with Crippen LogP contribution in [0.5, 0.6) is 17.4 Å². The first-order chi connectivity index (χ1) is 9.83. The van der Waals surface area contributed by atoms with Gasteiger partial charge >= 0.3 is 6.36 Å². The van der Waals surface area contributed by atoms with Gasteiger partial charge < -0.3 is 9.47 Å². The third-order valence-electron chi connectivity index (χ3n) is 2.21. The highest BCUT2D eigenvalue weighted by atomic mass is 19.4. The highest BCUT2D eigenvalue weighted by molar-refractivity contribution is 5.35. The van der Waals surface area contributed by atoms with Crippen LogP contribution in [0.15, 0.2) is 42.6 Å². The smallest absolute Gasteiger partial charge is 0.439 e. The van der Waals surface area contributed by atoms with Gasteiger partial charge in [0.05, 0.1) is 4.92 Å². The van der Waals surface area contributed by atoms with Crippen molar-refractivity contribution in [1.29, 1.82) is 0 Å². The van der Waals surface area contributed by atoms with E-state index in [1.165, 1.54) is 24.3 Å². The second-order valence-electron chi connectivity index (χ2n) is 3.73. The summed E-state index contributed by atoms with van der Waals surface area (Å²) in [6, 6.07) is 7.14. The van der Waals surface area contributed by atoms with Crippen molar-refractivity contribution in [2.45, 2.75) is 6.36 Å². The number of alkyl halides is 3. The Bertz CT molecular complexity index is 626. The Morgan fingerprint density at radius 2 is 1.67 bits per heavy atom. The normalized spacial score (nSPS) is 11.0. The molecule has 0 radical (unpaired) electrons. The Morgan fingerprint density at radius 1 is 1.05 bits per heavy atom. The minimum Gasteiger partial charge on any atom is -0.439 e. The van der Waals surface area contributed by atoms with E-state index in [2.05, 4.69) is 9.72 Å². The quantitative estimate of drug-likeness (QED) is 0.636. The minimum atomic E-state index is -4.76. The molecule has 0 amide bonds. The van der Waals surface area contributed by atoms with Gasteiger partial charge in [-0.25, -0.2) is 4.98 Å². The van der Waals surface area contributed by atoms with E-state index in [1.54, 1.807) is 0 Å². The van der Waals surface area contributed by atoms with Crippen LogP contribution in [-0.4, -0.2) is 16.3 Å². The van der Waals surface area contributed by atoms with Crippen molar-refractivity contribution in [1.82, 2.24) is 4.98 Å². The number of hydrogen-bond donors (Lipinski definition) is 0. The predicted molar refractivity (Wildman–Crippen MR) is 64.1 cm³/mol. The lowest BCUT2D eigenvalue weighted by Gasteiger charge is -2.09. The fourth-order valence-electron chi connectivity index (χ4n) is 1.37. The Balaban J connectivity index is 2.04. The predicted octanol–water partition coefficient (Wildman–Crippen LogP) is 3.68. The van der Waals surface area contributed by atoms with Crippen LogP contribution in [0.3, 0.4) is 0 Å². The van der Waals surface area contributed by atoms with Gasteiger partial charge in [-0.1, -0.05) is 0 Å². The number of nitro groups is 1. The van der Waals surface area contributed by atoms with E-state index in [-0.39, 0.29) is 23.1 Å². The molecule has 0 unspecified atom stereocenters. The topological polar surface area (TPSA) is 74.5 Å². The van der Waals surface area contributed by atoms with Gasteiger partial charge in [0.1, 0.15) is 17.7 Å². The number of benzene rings is 1. The third kappa shape index (κ3) is 4.34. The fourth-order valence-corrected chi connectivity index (χ4v) is 1.37. The van der Waals surface area contributed by atoms with E-state index >= 15 is 0 Å². The van der Waals surface area contributed by atoms with Crippen LogP contribution >= 0.6 is 0 Å². The Hall–Kier alpha value is -2.84. The lowest BCUT2D eigenvalue weighted by atomic mass is 10.3. The van der Waals surface area contributed by atoms with E-state index in [0.29, 0.717) is 0 Å². The average Bonchev–Trinajstić information content (AvgIpc) is 2.40. The molecule has 0 aliphatic heterocycles. The van der Waals surface area contributed by atoms with Crippen LogP contribution in [0.25, 0.3) is 0 Å². The van der Waals surface area contributed by atoms with Crippen LogP contribution in [0, 0.1) is 10.1 Å². The van der Waals surface area contributed by atoms with E-state index in [9.17, 15) is 23.3 Å². The molecule has 0 atom stereocenters. The first-order valence-electron chi connectivity index (χ1n) is 5.47. The van der Waals surface area contributed by atoms with Crippen LogP contribution in [-0.2, 0) is 0 Å². The van der Waals surface area contributed by atoms with Gasteiger partial charge in [-0.3, -0.25) is 10.1 Å². The molecule has 0 N–H and O–H groups in total. The van der Waals surface area contributed by atoms with Crippen molar-refractivity contribution in [2.24, 2.45) is 0 Å². The lowest BCUT2D eigenvalue weighted by Crippen LogP contribution is -2.16. The molecule has 6 nitrogen and oxygen atoms in total. The van der Waals surface area contributed by atoms with Crippen LogP contribution < -0.4 is 9.47 Å². The van der Waals surface area contributed by atoms with Crippen molar-refractivity contribution in [3.63, 3.8) is 0 Å². The van der Waals surface area contributed by atoms with E-state index in [1.807, 2.05) is 0 Å². The number of halogens is 3. The number of rotatable bonds is 4. The van der Waals surface area contributed by atoms with Crippen LogP contribution in [0.1, 0.15) is 0 Å². The molecule has 0 aliphatic rings. The summed E-state index contributed by atoms with van der Waals surface area (Å²) < 4.78 is 44.9. The Labute approximate surface area is 115 Å². The van der Waals surface area contributed by atoms with E-state index in [4.69, 9.17) is 4.74 Å². The van der Waals surface area contributed by atoms with Gasteiger partial charge in [-0.15, -0.1) is 13.2 Å². The highest BCUT2D eigenvalue weighted by Gasteiger charge is 2.30. The number of aromatic nitrogens is 1. The van der Waals surface area contributed by atoms with Crippen molar-refractivity contribution >= 4 is 5.69 Å². The maximum absolute atomic E-state index is 12.0. The zero-order valence-electron chi connectivity index (χ0n) is 10.2. The van der Waals surface area contributed by atoms with Gasteiger partial charge in [0.25, 0.3) is 5.69 Å². The van der Waals surface area contributed by atoms with Crippen molar-refractivity contribution in [2.75, 3.05) is 0 Å². The summed E-state index contributed by atoms with van der Waals surface area (Å²) in [7, 11) is 0. The first-order valence-corrected chi connectivity index (χ1v) is 5.47. The van der Waals surface area contributed by atoms with E-state index < -0.39 is 11.3 Å².